The number of benzene rings is 1. The smallest absolute Gasteiger partial charge is 0.282 e. The van der Waals surface area contributed by atoms with Gasteiger partial charge in [-0.25, -0.2) is 4.39 Å². The lowest BCUT2D eigenvalue weighted by atomic mass is 10.0. The van der Waals surface area contributed by atoms with E-state index in [2.05, 4.69) is 19.4 Å². The van der Waals surface area contributed by atoms with E-state index in [1.54, 1.807) is 23.1 Å². The van der Waals surface area contributed by atoms with Gasteiger partial charge in [0.1, 0.15) is 5.82 Å². The first kappa shape index (κ1) is 15.9. The highest BCUT2D eigenvalue weighted by atomic mass is 19.1. The van der Waals surface area contributed by atoms with Crippen LogP contribution in [0.1, 0.15) is 19.8 Å². The van der Waals surface area contributed by atoms with Gasteiger partial charge in [-0.05, 0) is 19.1 Å². The van der Waals surface area contributed by atoms with Gasteiger partial charge in [0, 0.05) is 12.8 Å². The molecule has 4 nitrogen and oxygen atoms in total. The molecule has 3 N–H and O–H groups in total. The van der Waals surface area contributed by atoms with Crippen molar-refractivity contribution >= 4 is 11.6 Å². The highest BCUT2D eigenvalue weighted by Crippen LogP contribution is 2.12. The summed E-state index contributed by atoms with van der Waals surface area (Å²) < 4.78 is 13.6. The number of carbonyl (C=O) groups excluding carboxylic acids is 1. The largest absolute Gasteiger partial charge is 0.337 e. The number of hydrogen-bond donors (Lipinski definition) is 3. The average molecular weight is 295 g/mol. The summed E-state index contributed by atoms with van der Waals surface area (Å²) in [5.74, 6) is -0.512. The van der Waals surface area contributed by atoms with Gasteiger partial charge in [-0.15, -0.1) is 0 Å². The van der Waals surface area contributed by atoms with Gasteiger partial charge >= 0.3 is 0 Å². The van der Waals surface area contributed by atoms with Gasteiger partial charge < -0.3 is 15.1 Å². The van der Waals surface area contributed by atoms with Crippen molar-refractivity contribution in [3.63, 3.8) is 0 Å². The summed E-state index contributed by atoms with van der Waals surface area (Å²) in [4.78, 5) is 15.1. The molecule has 1 fully saturated rings. The first-order chi connectivity index (χ1) is 9.99. The molecule has 0 saturated carbocycles. The molecule has 0 radical (unpaired) electrons. The fourth-order valence-electron chi connectivity index (χ4n) is 2.93. The molecule has 1 aliphatic heterocycles. The molecule has 1 heterocycles. The molecule has 1 amide bonds. The minimum absolute atomic E-state index is 0.121. The Hall–Kier alpha value is -1.46. The van der Waals surface area contributed by atoms with Crippen LogP contribution in [0.15, 0.2) is 24.3 Å². The summed E-state index contributed by atoms with van der Waals surface area (Å²) in [5, 5.41) is 2.70. The summed E-state index contributed by atoms with van der Waals surface area (Å²) in [6, 6.07) is 6.61. The van der Waals surface area contributed by atoms with Crippen molar-refractivity contribution < 1.29 is 19.0 Å². The highest BCUT2D eigenvalue weighted by molar-refractivity contribution is 5.93. The van der Waals surface area contributed by atoms with E-state index in [1.807, 2.05) is 6.92 Å². The van der Waals surface area contributed by atoms with Gasteiger partial charge in [0.05, 0.1) is 38.9 Å². The van der Waals surface area contributed by atoms with E-state index in [1.165, 1.54) is 11.0 Å². The van der Waals surface area contributed by atoms with Crippen LogP contribution < -0.4 is 15.1 Å². The molecule has 0 aliphatic carbocycles. The second-order valence-electron chi connectivity index (χ2n) is 6.17. The normalized spacial score (nSPS) is 25.1. The number of halogens is 1. The molecule has 0 spiro atoms. The second kappa shape index (κ2) is 7.00. The first-order valence-electron chi connectivity index (χ1n) is 7.69. The number of para-hydroxylation sites is 1. The third kappa shape index (κ3) is 4.02. The molecule has 1 aromatic rings. The Balaban J connectivity index is 1.94. The minimum atomic E-state index is -0.390. The predicted molar refractivity (Wildman–Crippen MR) is 81.0 cm³/mol. The Morgan fingerprint density at radius 1 is 1.38 bits per heavy atom. The average Bonchev–Trinajstić information content (AvgIpc) is 2.49. The Kier molecular flexibility index (Phi) is 5.31. The van der Waals surface area contributed by atoms with Gasteiger partial charge in [0.25, 0.3) is 5.91 Å². The second-order valence-corrected chi connectivity index (χ2v) is 6.17. The third-order valence-electron chi connectivity index (χ3n) is 4.69. The number of piperidine rings is 1. The van der Waals surface area contributed by atoms with Gasteiger partial charge in [0.15, 0.2) is 6.04 Å². The van der Waals surface area contributed by atoms with Crippen molar-refractivity contribution in [2.45, 2.75) is 31.8 Å². The molecule has 1 saturated heterocycles. The van der Waals surface area contributed by atoms with Crippen LogP contribution in [0.5, 0.6) is 0 Å². The van der Waals surface area contributed by atoms with Crippen molar-refractivity contribution in [1.82, 2.24) is 0 Å². The van der Waals surface area contributed by atoms with Crippen molar-refractivity contribution in [1.29, 1.82) is 0 Å². The Labute approximate surface area is 125 Å². The molecule has 21 heavy (non-hydrogen) atoms. The minimum Gasteiger partial charge on any atom is -0.337 e. The van der Waals surface area contributed by atoms with Crippen LogP contribution in [-0.4, -0.2) is 45.2 Å². The van der Waals surface area contributed by atoms with Gasteiger partial charge in [0.2, 0.25) is 0 Å². The summed E-state index contributed by atoms with van der Waals surface area (Å²) >= 11 is 0. The first-order valence-corrected chi connectivity index (χ1v) is 7.69. The molecular formula is C16H26FN3O+2. The zero-order chi connectivity index (χ0) is 15.4. The van der Waals surface area contributed by atoms with Crippen LogP contribution in [0.3, 0.4) is 0 Å². The number of hydrogen-bond acceptors (Lipinski definition) is 1. The lowest BCUT2D eigenvalue weighted by Gasteiger charge is -2.33. The standard InChI is InChI=1S/C16H24FN3O/c1-12(20(3)13-8-10-19(2)11-9-13)16(21)18-15-7-5-4-6-14(15)17/h4-7,12-13H,8-11H2,1-3H3,(H,18,21)/p+2/t12-/m0/s1. The maximum atomic E-state index is 13.6. The van der Waals surface area contributed by atoms with E-state index >= 15 is 0 Å². The topological polar surface area (TPSA) is 38.0 Å². The van der Waals surface area contributed by atoms with Crippen LogP contribution in [0.25, 0.3) is 0 Å². The monoisotopic (exact) mass is 295 g/mol. The fraction of sp³-hybridized carbons (Fsp3) is 0.562. The number of likely N-dealkylation sites (tertiary alicyclic amines) is 1. The summed E-state index contributed by atoms with van der Waals surface area (Å²) in [5.41, 5.74) is 0.259. The summed E-state index contributed by atoms with van der Waals surface area (Å²) in [7, 11) is 4.27. The SMILES string of the molecule is C[C@@H](C(=O)Nc1ccccc1F)[NH+](C)C1CC[NH+](C)CC1. The van der Waals surface area contributed by atoms with Crippen molar-refractivity contribution in [3.05, 3.63) is 30.1 Å². The van der Waals surface area contributed by atoms with Crippen LogP contribution in [-0.2, 0) is 4.79 Å². The predicted octanol–water partition coefficient (Wildman–Crippen LogP) is -0.655. The van der Waals surface area contributed by atoms with Crippen molar-refractivity contribution in [3.8, 4) is 0 Å². The molecule has 5 heteroatoms. The van der Waals surface area contributed by atoms with E-state index in [0.29, 0.717) is 6.04 Å². The zero-order valence-electron chi connectivity index (χ0n) is 13.1. The Morgan fingerprint density at radius 3 is 2.62 bits per heavy atom. The number of amides is 1. The molecule has 2 atom stereocenters. The van der Waals surface area contributed by atoms with Crippen molar-refractivity contribution in [2.24, 2.45) is 0 Å². The van der Waals surface area contributed by atoms with Crippen LogP contribution in [0.4, 0.5) is 10.1 Å². The lowest BCUT2D eigenvalue weighted by Crippen LogP contribution is -3.20. The van der Waals surface area contributed by atoms with E-state index in [0.717, 1.165) is 25.9 Å². The maximum absolute atomic E-state index is 13.6. The number of likely N-dealkylation sites (N-methyl/N-ethyl adjacent to an activating group) is 1. The third-order valence-corrected chi connectivity index (χ3v) is 4.69. The Morgan fingerprint density at radius 2 is 2.00 bits per heavy atom. The lowest BCUT2D eigenvalue weighted by molar-refractivity contribution is -0.948. The molecular weight excluding hydrogens is 269 g/mol. The van der Waals surface area contributed by atoms with Crippen molar-refractivity contribution in [2.75, 3.05) is 32.5 Å². The Bertz CT molecular complexity index is 486. The number of anilines is 1. The van der Waals surface area contributed by atoms with E-state index < -0.39 is 5.82 Å². The van der Waals surface area contributed by atoms with Crippen LogP contribution in [0, 0.1) is 5.82 Å². The number of nitrogens with one attached hydrogen (secondary N) is 3. The molecule has 0 aromatic heterocycles. The summed E-state index contributed by atoms with van der Waals surface area (Å²) in [6.45, 7) is 4.23. The summed E-state index contributed by atoms with van der Waals surface area (Å²) in [6.07, 6.45) is 2.27. The quantitative estimate of drug-likeness (QED) is 0.678. The van der Waals surface area contributed by atoms with Crippen LogP contribution >= 0.6 is 0 Å². The molecule has 2 rings (SSSR count). The highest BCUT2D eigenvalue weighted by Gasteiger charge is 2.32. The van der Waals surface area contributed by atoms with E-state index in [9.17, 15) is 9.18 Å². The number of carbonyl (C=O) groups is 1. The van der Waals surface area contributed by atoms with Gasteiger partial charge in [-0.2, -0.15) is 0 Å². The molecule has 116 valence electrons. The fourth-order valence-corrected chi connectivity index (χ4v) is 2.93. The van der Waals surface area contributed by atoms with E-state index in [4.69, 9.17) is 0 Å². The molecule has 1 aromatic carbocycles. The van der Waals surface area contributed by atoms with Gasteiger partial charge in [-0.3, -0.25) is 4.79 Å². The molecule has 1 aliphatic rings. The number of rotatable bonds is 4. The molecule has 1 unspecified atom stereocenters. The maximum Gasteiger partial charge on any atom is 0.282 e. The van der Waals surface area contributed by atoms with Gasteiger partial charge in [-0.1, -0.05) is 12.1 Å². The van der Waals surface area contributed by atoms with E-state index in [-0.39, 0.29) is 17.6 Å². The van der Waals surface area contributed by atoms with Crippen LogP contribution in [0.2, 0.25) is 0 Å². The molecule has 0 bridgehead atoms. The number of quaternary nitrogens is 2. The zero-order valence-corrected chi connectivity index (χ0v) is 13.1.